The zero-order valence-corrected chi connectivity index (χ0v) is 17.1. The van der Waals surface area contributed by atoms with Crippen LogP contribution in [0.3, 0.4) is 0 Å². The first-order chi connectivity index (χ1) is 10.7. The zero-order chi connectivity index (χ0) is 17.1. The molecule has 0 fully saturated rings. The van der Waals surface area contributed by atoms with E-state index in [0.717, 1.165) is 11.0 Å². The minimum absolute atomic E-state index is 0.220. The fourth-order valence-corrected chi connectivity index (χ4v) is 4.79. The van der Waals surface area contributed by atoms with Gasteiger partial charge in [0.05, 0.1) is 11.9 Å². The quantitative estimate of drug-likeness (QED) is 0.384. The molecular formula is C16H25N3OS2Si. The van der Waals surface area contributed by atoms with Crippen molar-refractivity contribution in [2.45, 2.75) is 44.2 Å². The van der Waals surface area contributed by atoms with Crippen LogP contribution < -0.4 is 0 Å². The molecule has 2 rings (SSSR count). The molecule has 0 aliphatic rings. The van der Waals surface area contributed by atoms with Gasteiger partial charge in [0.1, 0.15) is 11.0 Å². The molecule has 1 aromatic heterocycles. The van der Waals surface area contributed by atoms with E-state index >= 15 is 0 Å². The summed E-state index contributed by atoms with van der Waals surface area (Å²) < 4.78 is 8.14. The van der Waals surface area contributed by atoms with Gasteiger partial charge in [-0.25, -0.2) is 0 Å². The first kappa shape index (κ1) is 18.6. The second-order valence-electron chi connectivity index (χ2n) is 6.97. The third kappa shape index (κ3) is 4.62. The fourth-order valence-electron chi connectivity index (χ4n) is 1.64. The van der Waals surface area contributed by atoms with Crippen molar-refractivity contribution in [3.8, 4) is 0 Å². The van der Waals surface area contributed by atoms with Gasteiger partial charge in [-0.15, -0.1) is 11.7 Å². The molecule has 4 nitrogen and oxygen atoms in total. The van der Waals surface area contributed by atoms with Crippen molar-refractivity contribution in [2.75, 3.05) is 6.61 Å². The maximum absolute atomic E-state index is 6.29. The largest absolute Gasteiger partial charge is 0.415 e. The van der Waals surface area contributed by atoms with Crippen LogP contribution in [0.1, 0.15) is 20.8 Å². The normalized spacial score (nSPS) is 14.1. The minimum Gasteiger partial charge on any atom is -0.415 e. The van der Waals surface area contributed by atoms with Crippen molar-refractivity contribution >= 4 is 41.1 Å². The average molecular weight is 368 g/mol. The molecule has 1 unspecified atom stereocenters. The number of aromatic nitrogens is 3. The van der Waals surface area contributed by atoms with E-state index in [1.165, 1.54) is 0 Å². The van der Waals surface area contributed by atoms with Crippen molar-refractivity contribution in [1.29, 1.82) is 0 Å². The molecule has 2 aromatic rings. The molecule has 1 atom stereocenters. The highest BCUT2D eigenvalue weighted by molar-refractivity contribution is 8.76. The zero-order valence-electron chi connectivity index (χ0n) is 14.4. The molecule has 0 saturated heterocycles. The predicted octanol–water partition coefficient (Wildman–Crippen LogP) is 5.15. The second kappa shape index (κ2) is 7.42. The van der Waals surface area contributed by atoms with E-state index < -0.39 is 8.32 Å². The van der Waals surface area contributed by atoms with Crippen molar-refractivity contribution in [1.82, 2.24) is 14.4 Å². The van der Waals surface area contributed by atoms with Crippen LogP contribution in [0.5, 0.6) is 0 Å². The highest BCUT2D eigenvalue weighted by Gasteiger charge is 2.37. The van der Waals surface area contributed by atoms with Gasteiger partial charge in [0.15, 0.2) is 8.32 Å². The van der Waals surface area contributed by atoms with E-state index in [-0.39, 0.29) is 10.3 Å². The number of hydrogen-bond donors (Lipinski definition) is 0. The van der Waals surface area contributed by atoms with E-state index in [2.05, 4.69) is 50.8 Å². The molecule has 0 N–H and O–H groups in total. The van der Waals surface area contributed by atoms with Crippen LogP contribution >= 0.6 is 21.8 Å². The predicted molar refractivity (Wildman–Crippen MR) is 105 cm³/mol. The SMILES string of the molecule is C=CC(CO[Si](C)(C)C(C)(C)C)SSn1nnc2ccccc21. The molecule has 0 saturated carbocycles. The summed E-state index contributed by atoms with van der Waals surface area (Å²) in [6, 6.07) is 7.96. The van der Waals surface area contributed by atoms with Gasteiger partial charge in [-0.1, -0.05) is 55.0 Å². The van der Waals surface area contributed by atoms with Crippen molar-refractivity contribution in [2.24, 2.45) is 0 Å². The lowest BCUT2D eigenvalue weighted by Crippen LogP contribution is -2.42. The Morgan fingerprint density at radius 2 is 2.04 bits per heavy atom. The lowest BCUT2D eigenvalue weighted by atomic mass is 10.2. The Kier molecular flexibility index (Phi) is 5.99. The van der Waals surface area contributed by atoms with Gasteiger partial charge in [0.2, 0.25) is 0 Å². The number of fused-ring (bicyclic) bond motifs is 1. The Bertz CT molecular complexity index is 667. The maximum atomic E-state index is 6.29. The van der Waals surface area contributed by atoms with Crippen LogP contribution in [0, 0.1) is 0 Å². The number of hydrogen-bond acceptors (Lipinski definition) is 5. The molecule has 0 amide bonds. The van der Waals surface area contributed by atoms with Gasteiger partial charge >= 0.3 is 0 Å². The Balaban J connectivity index is 1.94. The Morgan fingerprint density at radius 3 is 2.70 bits per heavy atom. The van der Waals surface area contributed by atoms with Gasteiger partial charge < -0.3 is 4.43 Å². The van der Waals surface area contributed by atoms with Gasteiger partial charge in [-0.05, 0) is 30.3 Å². The van der Waals surface area contributed by atoms with Crippen LogP contribution in [0.4, 0.5) is 0 Å². The van der Waals surface area contributed by atoms with Crippen LogP contribution in [0.15, 0.2) is 36.9 Å². The van der Waals surface area contributed by atoms with Gasteiger partial charge in [-0.2, -0.15) is 4.09 Å². The third-order valence-corrected chi connectivity index (χ3v) is 11.2. The maximum Gasteiger partial charge on any atom is 0.192 e. The standard InChI is InChI=1S/C16H25N3OS2Si/c1-7-13(12-20-23(5,6)16(2,3)4)21-22-19-15-11-9-8-10-14(15)17-18-19/h7-11,13H,1,12H2,2-6H3. The number of nitrogens with zero attached hydrogens (tertiary/aromatic N) is 3. The first-order valence-electron chi connectivity index (χ1n) is 7.65. The smallest absolute Gasteiger partial charge is 0.192 e. The van der Waals surface area contributed by atoms with Crippen molar-refractivity contribution in [3.63, 3.8) is 0 Å². The molecule has 0 radical (unpaired) electrons. The van der Waals surface area contributed by atoms with Gasteiger partial charge in [0, 0.05) is 11.0 Å². The number of para-hydroxylation sites is 1. The van der Waals surface area contributed by atoms with Gasteiger partial charge in [-0.3, -0.25) is 0 Å². The summed E-state index contributed by atoms with van der Waals surface area (Å²) in [7, 11) is 1.54. The van der Waals surface area contributed by atoms with Crippen LogP contribution in [-0.4, -0.2) is 34.6 Å². The van der Waals surface area contributed by atoms with Crippen LogP contribution in [-0.2, 0) is 4.43 Å². The van der Waals surface area contributed by atoms with Gasteiger partial charge in [0.25, 0.3) is 0 Å². The van der Waals surface area contributed by atoms with Crippen molar-refractivity contribution < 1.29 is 4.43 Å². The molecule has 7 heteroatoms. The summed E-state index contributed by atoms with van der Waals surface area (Å²) in [4.78, 5) is 0. The van der Waals surface area contributed by atoms with E-state index in [1.54, 1.807) is 21.8 Å². The molecule has 0 aliphatic heterocycles. The van der Waals surface area contributed by atoms with E-state index in [1.807, 2.05) is 34.4 Å². The summed E-state index contributed by atoms with van der Waals surface area (Å²) in [6.07, 6.45) is 1.95. The minimum atomic E-state index is -1.73. The first-order valence-corrected chi connectivity index (χ1v) is 12.7. The highest BCUT2D eigenvalue weighted by atomic mass is 33.1. The summed E-state index contributed by atoms with van der Waals surface area (Å²) in [5.41, 5.74) is 1.94. The lowest BCUT2D eigenvalue weighted by Gasteiger charge is -2.36. The Labute approximate surface area is 147 Å². The Morgan fingerprint density at radius 1 is 1.35 bits per heavy atom. The molecule has 23 heavy (non-hydrogen) atoms. The topological polar surface area (TPSA) is 39.9 Å². The lowest BCUT2D eigenvalue weighted by molar-refractivity contribution is 0.298. The van der Waals surface area contributed by atoms with Crippen LogP contribution in [0.25, 0.3) is 11.0 Å². The summed E-state index contributed by atoms with van der Waals surface area (Å²) in [5, 5.41) is 8.80. The molecule has 0 spiro atoms. The van der Waals surface area contributed by atoms with Crippen molar-refractivity contribution in [3.05, 3.63) is 36.9 Å². The average Bonchev–Trinajstić information content (AvgIpc) is 2.89. The molecule has 0 bridgehead atoms. The summed E-state index contributed by atoms with van der Waals surface area (Å²) in [6.45, 7) is 15.9. The molecular weight excluding hydrogens is 342 g/mol. The highest BCUT2D eigenvalue weighted by Crippen LogP contribution is 2.38. The molecule has 1 aromatic carbocycles. The van der Waals surface area contributed by atoms with E-state index in [4.69, 9.17) is 4.43 Å². The fraction of sp³-hybridized carbons (Fsp3) is 0.500. The van der Waals surface area contributed by atoms with E-state index in [0.29, 0.717) is 6.61 Å². The monoisotopic (exact) mass is 367 g/mol. The second-order valence-corrected chi connectivity index (χ2v) is 14.1. The summed E-state index contributed by atoms with van der Waals surface area (Å²) >= 11 is 0. The number of benzene rings is 1. The Hall–Kier alpha value is -0.763. The molecule has 0 aliphatic carbocycles. The molecule has 126 valence electrons. The summed E-state index contributed by atoms with van der Waals surface area (Å²) in [5.74, 6) is 0. The van der Waals surface area contributed by atoms with E-state index in [9.17, 15) is 0 Å². The number of rotatable bonds is 7. The third-order valence-electron chi connectivity index (χ3n) is 4.24. The molecule has 1 heterocycles. The van der Waals surface area contributed by atoms with Crippen LogP contribution in [0.2, 0.25) is 18.1 Å².